The number of fused-ring (bicyclic) bond motifs is 2. The van der Waals surface area contributed by atoms with E-state index in [1.54, 1.807) is 20.9 Å². The first-order valence-corrected chi connectivity index (χ1v) is 13.3. The van der Waals surface area contributed by atoms with Crippen LogP contribution in [0.15, 0.2) is 36.4 Å². The van der Waals surface area contributed by atoms with E-state index >= 15 is 0 Å². The molecule has 4 heterocycles. The van der Waals surface area contributed by atoms with Gasteiger partial charge in [-0.1, -0.05) is 20.8 Å². The number of rotatable bonds is 4. The molecule has 0 saturated carbocycles. The van der Waals surface area contributed by atoms with Crippen LogP contribution in [-0.4, -0.2) is 0 Å². The predicted octanol–water partition coefficient (Wildman–Crippen LogP) is 8.82. The Morgan fingerprint density at radius 3 is 1.96 bits per heavy atom. The van der Waals surface area contributed by atoms with Crippen molar-refractivity contribution >= 4 is 45.3 Å². The van der Waals surface area contributed by atoms with Crippen LogP contribution in [0.1, 0.15) is 54.0 Å². The van der Waals surface area contributed by atoms with E-state index in [4.69, 9.17) is 0 Å². The molecule has 4 aromatic rings. The summed E-state index contributed by atoms with van der Waals surface area (Å²) < 4.78 is 0. The summed E-state index contributed by atoms with van der Waals surface area (Å²) in [4.78, 5) is 11.8. The largest absolute Gasteiger partial charge is 0.139 e. The van der Waals surface area contributed by atoms with Gasteiger partial charge in [0.05, 0.1) is 0 Å². The summed E-state index contributed by atoms with van der Waals surface area (Å²) >= 11 is 7.92. The molecule has 0 N–H and O–H groups in total. The van der Waals surface area contributed by atoms with E-state index in [0.717, 1.165) is 5.92 Å². The first-order valence-electron chi connectivity index (χ1n) is 10.0. The van der Waals surface area contributed by atoms with Crippen molar-refractivity contribution < 1.29 is 0 Å². The van der Waals surface area contributed by atoms with E-state index in [-0.39, 0.29) is 0 Å². The molecule has 0 radical (unpaired) electrons. The third-order valence-corrected chi connectivity index (χ3v) is 12.1. The summed E-state index contributed by atoms with van der Waals surface area (Å²) in [6, 6.07) is 14.1. The summed E-state index contributed by atoms with van der Waals surface area (Å²) in [6.45, 7) is 7.08. The Labute approximate surface area is 182 Å². The van der Waals surface area contributed by atoms with Crippen LogP contribution in [0.2, 0.25) is 0 Å². The molecule has 0 spiro atoms. The van der Waals surface area contributed by atoms with Gasteiger partial charge in [-0.05, 0) is 72.7 Å². The lowest BCUT2D eigenvalue weighted by molar-refractivity contribution is 0.408. The fourth-order valence-corrected chi connectivity index (χ4v) is 9.41. The number of thiophene rings is 4. The number of hydrogen-bond acceptors (Lipinski definition) is 4. The molecule has 0 bridgehead atoms. The molecule has 2 unspecified atom stereocenters. The van der Waals surface area contributed by atoms with Crippen LogP contribution in [0.4, 0.5) is 0 Å². The summed E-state index contributed by atoms with van der Waals surface area (Å²) in [5, 5.41) is 0. The van der Waals surface area contributed by atoms with Crippen molar-refractivity contribution in [1.82, 2.24) is 0 Å². The van der Waals surface area contributed by atoms with Gasteiger partial charge in [0.2, 0.25) is 0 Å². The van der Waals surface area contributed by atoms with E-state index < -0.39 is 0 Å². The predicted molar refractivity (Wildman–Crippen MR) is 128 cm³/mol. The Morgan fingerprint density at radius 2 is 1.39 bits per heavy atom. The minimum absolute atomic E-state index is 0.431. The number of hydrogen-bond donors (Lipinski definition) is 0. The second kappa shape index (κ2) is 6.15. The second-order valence-corrected chi connectivity index (χ2v) is 12.8. The van der Waals surface area contributed by atoms with E-state index in [2.05, 4.69) is 57.2 Å². The third-order valence-electron chi connectivity index (χ3n) is 6.47. The minimum Gasteiger partial charge on any atom is -0.139 e. The van der Waals surface area contributed by atoms with Gasteiger partial charge < -0.3 is 0 Å². The zero-order valence-electron chi connectivity index (χ0n) is 16.3. The van der Waals surface area contributed by atoms with Crippen molar-refractivity contribution in [3.8, 4) is 29.3 Å². The molecule has 0 aliphatic heterocycles. The molecular formula is C24H22S4. The molecule has 0 aromatic carbocycles. The van der Waals surface area contributed by atoms with Gasteiger partial charge in [-0.2, -0.15) is 0 Å². The average molecular weight is 439 g/mol. The van der Waals surface area contributed by atoms with Crippen molar-refractivity contribution in [3.05, 3.63) is 57.3 Å². The minimum atomic E-state index is 0.431. The molecule has 2 aliphatic carbocycles. The summed E-state index contributed by atoms with van der Waals surface area (Å²) in [5.41, 5.74) is 3.59. The van der Waals surface area contributed by atoms with E-state index in [1.165, 1.54) is 48.5 Å². The molecule has 0 amide bonds. The van der Waals surface area contributed by atoms with Crippen molar-refractivity contribution in [1.29, 1.82) is 0 Å². The molecule has 4 heteroatoms. The van der Waals surface area contributed by atoms with Gasteiger partial charge in [-0.15, -0.1) is 45.3 Å². The fraction of sp³-hybridized carbons (Fsp3) is 0.333. The van der Waals surface area contributed by atoms with Crippen molar-refractivity contribution in [3.63, 3.8) is 0 Å². The Bertz CT molecular complexity index is 1200. The highest BCUT2D eigenvalue weighted by Gasteiger charge is 2.39. The van der Waals surface area contributed by atoms with E-state index in [1.807, 2.05) is 45.3 Å². The summed E-state index contributed by atoms with van der Waals surface area (Å²) in [7, 11) is 0. The van der Waals surface area contributed by atoms with E-state index in [0.29, 0.717) is 5.41 Å². The summed E-state index contributed by atoms with van der Waals surface area (Å²) in [6.07, 6.45) is 3.77. The van der Waals surface area contributed by atoms with Crippen LogP contribution >= 0.6 is 45.3 Å². The fourth-order valence-electron chi connectivity index (χ4n) is 4.51. The standard InChI is InChI=1S/C24H22S4/c1-4-24(3)12-15-11-21(28-23(15)24)19-8-6-17(26-19)16-5-7-18(25-16)20-10-14-9-13(2)22(14)27-20/h5-8,10-11,13H,4,9,12H2,1-3H3. The highest BCUT2D eigenvalue weighted by molar-refractivity contribution is 7.28. The molecule has 2 atom stereocenters. The normalized spacial score (nSPS) is 22.5. The quantitative estimate of drug-likeness (QED) is 0.298. The van der Waals surface area contributed by atoms with Crippen molar-refractivity contribution in [2.24, 2.45) is 0 Å². The molecular weight excluding hydrogens is 417 g/mol. The topological polar surface area (TPSA) is 0 Å². The van der Waals surface area contributed by atoms with Crippen molar-refractivity contribution in [2.75, 3.05) is 0 Å². The zero-order valence-corrected chi connectivity index (χ0v) is 19.6. The Balaban J connectivity index is 1.29. The van der Waals surface area contributed by atoms with Crippen LogP contribution < -0.4 is 0 Å². The Hall–Kier alpha value is -1.20. The third kappa shape index (κ3) is 2.51. The van der Waals surface area contributed by atoms with Gasteiger partial charge >= 0.3 is 0 Å². The first kappa shape index (κ1) is 17.6. The van der Waals surface area contributed by atoms with Gasteiger partial charge in [-0.3, -0.25) is 0 Å². The van der Waals surface area contributed by atoms with Crippen LogP contribution in [0.3, 0.4) is 0 Å². The molecule has 4 aromatic heterocycles. The monoisotopic (exact) mass is 438 g/mol. The van der Waals surface area contributed by atoms with Gasteiger partial charge in [0.1, 0.15) is 0 Å². The highest BCUT2D eigenvalue weighted by Crippen LogP contribution is 2.52. The van der Waals surface area contributed by atoms with Crippen LogP contribution in [-0.2, 0) is 18.3 Å². The second-order valence-electron chi connectivity index (χ2n) is 8.49. The lowest BCUT2D eigenvalue weighted by Gasteiger charge is -2.37. The zero-order chi connectivity index (χ0) is 19.0. The molecule has 142 valence electrons. The SMILES string of the molecule is CCC1(C)Cc2cc(-c3ccc(-c4ccc(-c5cc6c(s5)C(C)C6)s4)s3)sc21. The highest BCUT2D eigenvalue weighted by atomic mass is 32.1. The van der Waals surface area contributed by atoms with Gasteiger partial charge in [-0.25, -0.2) is 0 Å². The summed E-state index contributed by atoms with van der Waals surface area (Å²) in [5.74, 6) is 0.769. The van der Waals surface area contributed by atoms with Gasteiger partial charge in [0.25, 0.3) is 0 Å². The van der Waals surface area contributed by atoms with Gasteiger partial charge in [0, 0.05) is 44.4 Å². The van der Waals surface area contributed by atoms with Gasteiger partial charge in [0.15, 0.2) is 0 Å². The lowest BCUT2D eigenvalue weighted by atomic mass is 9.69. The molecule has 0 fully saturated rings. The maximum Gasteiger partial charge on any atom is 0.0449 e. The molecule has 0 saturated heterocycles. The van der Waals surface area contributed by atoms with Crippen LogP contribution in [0.5, 0.6) is 0 Å². The molecule has 2 aliphatic rings. The van der Waals surface area contributed by atoms with E-state index in [9.17, 15) is 0 Å². The lowest BCUT2D eigenvalue weighted by Crippen LogP contribution is -2.32. The maximum absolute atomic E-state index is 2.44. The maximum atomic E-state index is 2.44. The average Bonchev–Trinajstić information content (AvgIpc) is 3.44. The van der Waals surface area contributed by atoms with Crippen LogP contribution in [0, 0.1) is 0 Å². The molecule has 28 heavy (non-hydrogen) atoms. The van der Waals surface area contributed by atoms with Crippen LogP contribution in [0.25, 0.3) is 29.3 Å². The smallest absolute Gasteiger partial charge is 0.0449 e. The Morgan fingerprint density at radius 1 is 0.821 bits per heavy atom. The molecule has 6 rings (SSSR count). The van der Waals surface area contributed by atoms with Crippen molar-refractivity contribution in [2.45, 2.75) is 51.4 Å². The Kier molecular flexibility index (Phi) is 3.87. The first-order chi connectivity index (χ1) is 13.5. The molecule has 0 nitrogen and oxygen atoms in total.